The van der Waals surface area contributed by atoms with Crippen molar-refractivity contribution in [2.24, 2.45) is 0 Å². The molecular formula is C13H19ClN2. The molecule has 1 fully saturated rings. The van der Waals surface area contributed by atoms with Crippen molar-refractivity contribution in [3.8, 4) is 0 Å². The predicted molar refractivity (Wildman–Crippen MR) is 69.0 cm³/mol. The normalized spacial score (nSPS) is 18.5. The van der Waals surface area contributed by atoms with Crippen LogP contribution in [0.5, 0.6) is 0 Å². The molecule has 2 nitrogen and oxygen atoms in total. The first-order valence-corrected chi connectivity index (χ1v) is 6.21. The lowest BCUT2D eigenvalue weighted by molar-refractivity contribution is 0.135. The van der Waals surface area contributed by atoms with E-state index in [1.54, 1.807) is 0 Å². The number of halogens is 1. The lowest BCUT2D eigenvalue weighted by atomic mass is 10.0. The van der Waals surface area contributed by atoms with E-state index in [2.05, 4.69) is 36.3 Å². The van der Waals surface area contributed by atoms with Gasteiger partial charge >= 0.3 is 0 Å². The molecule has 1 aromatic rings. The second-order valence-electron chi connectivity index (χ2n) is 4.66. The summed E-state index contributed by atoms with van der Waals surface area (Å²) in [6.45, 7) is 4.54. The first-order valence-electron chi connectivity index (χ1n) is 5.84. The summed E-state index contributed by atoms with van der Waals surface area (Å²) in [7, 11) is 2.21. The lowest BCUT2D eigenvalue weighted by Crippen LogP contribution is -2.58. The van der Waals surface area contributed by atoms with E-state index >= 15 is 0 Å². The van der Waals surface area contributed by atoms with Gasteiger partial charge in [0.15, 0.2) is 0 Å². The summed E-state index contributed by atoms with van der Waals surface area (Å²) in [6.07, 6.45) is 1.09. The van der Waals surface area contributed by atoms with Crippen molar-refractivity contribution >= 4 is 11.6 Å². The molecule has 1 heterocycles. The van der Waals surface area contributed by atoms with E-state index in [-0.39, 0.29) is 0 Å². The Kier molecular flexibility index (Phi) is 3.85. The molecule has 0 spiro atoms. The van der Waals surface area contributed by atoms with Gasteiger partial charge in [-0.05, 0) is 38.1 Å². The third-order valence-corrected chi connectivity index (χ3v) is 3.73. The van der Waals surface area contributed by atoms with Crippen LogP contribution in [-0.2, 0) is 6.42 Å². The molecule has 1 aliphatic heterocycles. The molecule has 1 unspecified atom stereocenters. The number of hydrogen-bond acceptors (Lipinski definition) is 2. The van der Waals surface area contributed by atoms with E-state index in [9.17, 15) is 0 Å². The Morgan fingerprint density at radius 3 is 2.50 bits per heavy atom. The van der Waals surface area contributed by atoms with Crippen LogP contribution in [0, 0.1) is 0 Å². The molecule has 1 N–H and O–H groups in total. The average molecular weight is 239 g/mol. The van der Waals surface area contributed by atoms with Gasteiger partial charge in [0.2, 0.25) is 0 Å². The van der Waals surface area contributed by atoms with Crippen LogP contribution in [0.3, 0.4) is 0 Å². The van der Waals surface area contributed by atoms with Crippen molar-refractivity contribution in [3.05, 3.63) is 34.9 Å². The zero-order valence-corrected chi connectivity index (χ0v) is 10.7. The molecule has 0 bridgehead atoms. The zero-order chi connectivity index (χ0) is 11.5. The maximum atomic E-state index is 5.87. The van der Waals surface area contributed by atoms with E-state index in [0.717, 1.165) is 24.5 Å². The zero-order valence-electron chi connectivity index (χ0n) is 9.91. The molecule has 0 radical (unpaired) electrons. The van der Waals surface area contributed by atoms with Gasteiger partial charge in [-0.25, -0.2) is 0 Å². The molecule has 0 amide bonds. The average Bonchev–Trinajstić information content (AvgIpc) is 2.19. The van der Waals surface area contributed by atoms with Crippen molar-refractivity contribution < 1.29 is 0 Å². The Morgan fingerprint density at radius 2 is 2.00 bits per heavy atom. The summed E-state index contributed by atoms with van der Waals surface area (Å²) in [5, 5.41) is 4.12. The van der Waals surface area contributed by atoms with Crippen molar-refractivity contribution in [2.75, 3.05) is 20.1 Å². The summed E-state index contributed by atoms with van der Waals surface area (Å²) in [5.74, 6) is 0. The summed E-state index contributed by atoms with van der Waals surface area (Å²) < 4.78 is 0. The minimum Gasteiger partial charge on any atom is -0.314 e. The van der Waals surface area contributed by atoms with E-state index in [1.807, 2.05) is 12.1 Å². The number of nitrogens with zero attached hydrogens (tertiary/aromatic N) is 1. The fourth-order valence-corrected chi connectivity index (χ4v) is 2.15. The molecule has 0 aliphatic carbocycles. The van der Waals surface area contributed by atoms with Gasteiger partial charge in [0.1, 0.15) is 0 Å². The van der Waals surface area contributed by atoms with E-state index in [4.69, 9.17) is 11.6 Å². The van der Waals surface area contributed by atoms with Crippen LogP contribution < -0.4 is 5.32 Å². The maximum Gasteiger partial charge on any atom is 0.0406 e. The van der Waals surface area contributed by atoms with E-state index in [0.29, 0.717) is 12.1 Å². The highest BCUT2D eigenvalue weighted by atomic mass is 35.5. The van der Waals surface area contributed by atoms with Gasteiger partial charge in [-0.15, -0.1) is 0 Å². The molecule has 1 saturated heterocycles. The Hall–Kier alpha value is -0.570. The van der Waals surface area contributed by atoms with Crippen molar-refractivity contribution in [1.82, 2.24) is 10.2 Å². The predicted octanol–water partition coefficient (Wildman–Crippen LogP) is 2.17. The molecular weight excluding hydrogens is 220 g/mol. The molecule has 1 aliphatic rings. The highest BCUT2D eigenvalue weighted by Gasteiger charge is 2.24. The number of nitrogens with one attached hydrogen (secondary N) is 1. The lowest BCUT2D eigenvalue weighted by Gasteiger charge is -2.39. The van der Waals surface area contributed by atoms with Gasteiger partial charge in [-0.2, -0.15) is 0 Å². The minimum absolute atomic E-state index is 0.577. The number of hydrogen-bond donors (Lipinski definition) is 1. The van der Waals surface area contributed by atoms with Gasteiger partial charge in [0.25, 0.3) is 0 Å². The Balaban J connectivity index is 1.90. The summed E-state index contributed by atoms with van der Waals surface area (Å²) in [5.41, 5.74) is 1.36. The fraction of sp³-hybridized carbons (Fsp3) is 0.538. The smallest absolute Gasteiger partial charge is 0.0406 e. The van der Waals surface area contributed by atoms with Crippen LogP contribution in [0.4, 0.5) is 0 Å². The fourth-order valence-electron chi connectivity index (χ4n) is 2.03. The van der Waals surface area contributed by atoms with Gasteiger partial charge in [-0.1, -0.05) is 23.7 Å². The third-order valence-electron chi connectivity index (χ3n) is 3.48. The molecule has 1 aromatic carbocycles. The van der Waals surface area contributed by atoms with Gasteiger partial charge in [0, 0.05) is 30.2 Å². The topological polar surface area (TPSA) is 15.3 Å². The quantitative estimate of drug-likeness (QED) is 0.865. The molecule has 1 atom stereocenters. The summed E-state index contributed by atoms with van der Waals surface area (Å²) >= 11 is 5.87. The Bertz CT molecular complexity index is 332. The van der Waals surface area contributed by atoms with Crippen LogP contribution in [0.15, 0.2) is 24.3 Å². The first kappa shape index (κ1) is 11.9. The van der Waals surface area contributed by atoms with E-state index in [1.165, 1.54) is 5.56 Å². The van der Waals surface area contributed by atoms with Crippen molar-refractivity contribution in [3.63, 3.8) is 0 Å². The monoisotopic (exact) mass is 238 g/mol. The van der Waals surface area contributed by atoms with Crippen molar-refractivity contribution in [2.45, 2.75) is 25.4 Å². The SMILES string of the molecule is CC(Cc1ccc(Cl)cc1)N(C)C1CNC1. The largest absolute Gasteiger partial charge is 0.314 e. The second kappa shape index (κ2) is 5.17. The van der Waals surface area contributed by atoms with Crippen molar-refractivity contribution in [1.29, 1.82) is 0 Å². The highest BCUT2D eigenvalue weighted by molar-refractivity contribution is 6.30. The van der Waals surface area contributed by atoms with Crippen LogP contribution in [0.2, 0.25) is 5.02 Å². The molecule has 88 valence electrons. The van der Waals surface area contributed by atoms with Gasteiger partial charge < -0.3 is 5.32 Å². The molecule has 16 heavy (non-hydrogen) atoms. The molecule has 3 heteroatoms. The third kappa shape index (κ3) is 2.76. The van der Waals surface area contributed by atoms with Gasteiger partial charge in [-0.3, -0.25) is 4.90 Å². The molecule has 0 saturated carbocycles. The van der Waals surface area contributed by atoms with Crippen LogP contribution in [0.1, 0.15) is 12.5 Å². The first-order chi connectivity index (χ1) is 7.66. The molecule has 2 rings (SSSR count). The standard InChI is InChI=1S/C13H19ClN2/c1-10(16(2)13-8-15-9-13)7-11-3-5-12(14)6-4-11/h3-6,10,13,15H,7-9H2,1-2H3. The van der Waals surface area contributed by atoms with Crippen LogP contribution >= 0.6 is 11.6 Å². The van der Waals surface area contributed by atoms with E-state index < -0.39 is 0 Å². The Morgan fingerprint density at radius 1 is 1.38 bits per heavy atom. The van der Waals surface area contributed by atoms with Crippen LogP contribution in [-0.4, -0.2) is 37.1 Å². The number of rotatable bonds is 4. The number of likely N-dealkylation sites (N-methyl/N-ethyl adjacent to an activating group) is 1. The summed E-state index contributed by atoms with van der Waals surface area (Å²) in [6, 6.07) is 9.45. The maximum absolute atomic E-state index is 5.87. The molecule has 0 aromatic heterocycles. The summed E-state index contributed by atoms with van der Waals surface area (Å²) in [4.78, 5) is 2.46. The minimum atomic E-state index is 0.577. The van der Waals surface area contributed by atoms with Gasteiger partial charge in [0.05, 0.1) is 0 Å². The van der Waals surface area contributed by atoms with Crippen LogP contribution in [0.25, 0.3) is 0 Å². The highest BCUT2D eigenvalue weighted by Crippen LogP contribution is 2.14. The Labute approximate surface area is 103 Å². The number of benzene rings is 1. The second-order valence-corrected chi connectivity index (χ2v) is 5.09.